The molecule has 0 saturated heterocycles. The first-order valence-electron chi connectivity index (χ1n) is 4.31. The van der Waals surface area contributed by atoms with Gasteiger partial charge in [0.1, 0.15) is 6.20 Å². The monoisotopic (exact) mass is 222 g/mol. The van der Waals surface area contributed by atoms with Crippen LogP contribution in [0.2, 0.25) is 0 Å². The van der Waals surface area contributed by atoms with Gasteiger partial charge in [-0.3, -0.25) is 10.1 Å². The highest BCUT2D eigenvalue weighted by molar-refractivity contribution is 6.18. The molecular weight excluding hydrogens is 216 g/mol. The van der Waals surface area contributed by atoms with E-state index in [1.807, 2.05) is 12.1 Å². The van der Waals surface area contributed by atoms with E-state index in [1.54, 1.807) is 12.1 Å². The van der Waals surface area contributed by atoms with E-state index >= 15 is 0 Å². The van der Waals surface area contributed by atoms with Crippen molar-refractivity contribution in [3.63, 3.8) is 0 Å². The Morgan fingerprint density at radius 3 is 2.80 bits per heavy atom. The maximum atomic E-state index is 10.7. The first-order chi connectivity index (χ1) is 7.24. The van der Waals surface area contributed by atoms with Gasteiger partial charge in [0.15, 0.2) is 0 Å². The largest absolute Gasteiger partial charge is 0.292 e. The average molecular weight is 223 g/mol. The fraction of sp³-hybridized carbons (Fsp3) is 0.100. The standard InChI is InChI=1S/C10H7ClN2O2/c11-5-8-7-3-1-2-4-9(7)12-6-10(8)13(14)15/h1-4,6H,5H2. The van der Waals surface area contributed by atoms with Crippen molar-refractivity contribution in [2.24, 2.45) is 0 Å². The summed E-state index contributed by atoms with van der Waals surface area (Å²) in [5.74, 6) is 0.110. The van der Waals surface area contributed by atoms with Gasteiger partial charge >= 0.3 is 0 Å². The molecule has 5 heteroatoms. The van der Waals surface area contributed by atoms with Crippen molar-refractivity contribution in [1.29, 1.82) is 0 Å². The van der Waals surface area contributed by atoms with E-state index in [4.69, 9.17) is 11.6 Å². The van der Waals surface area contributed by atoms with Gasteiger partial charge in [0.2, 0.25) is 0 Å². The number of benzene rings is 1. The molecule has 0 radical (unpaired) electrons. The zero-order valence-electron chi connectivity index (χ0n) is 7.68. The molecule has 0 aliphatic carbocycles. The lowest BCUT2D eigenvalue weighted by molar-refractivity contribution is -0.385. The van der Waals surface area contributed by atoms with Crippen molar-refractivity contribution in [1.82, 2.24) is 4.98 Å². The molecule has 2 aromatic rings. The zero-order chi connectivity index (χ0) is 10.8. The molecule has 76 valence electrons. The van der Waals surface area contributed by atoms with Gasteiger partial charge in [0.25, 0.3) is 5.69 Å². The summed E-state index contributed by atoms with van der Waals surface area (Å²) in [5.41, 5.74) is 1.22. The molecule has 1 aromatic carbocycles. The molecule has 15 heavy (non-hydrogen) atoms. The quantitative estimate of drug-likeness (QED) is 0.446. The molecule has 2 rings (SSSR count). The van der Waals surface area contributed by atoms with E-state index in [1.165, 1.54) is 6.20 Å². The molecule has 1 aromatic heterocycles. The van der Waals surface area contributed by atoms with Gasteiger partial charge in [-0.05, 0) is 6.07 Å². The summed E-state index contributed by atoms with van der Waals surface area (Å²) in [5, 5.41) is 11.5. The van der Waals surface area contributed by atoms with Crippen molar-refractivity contribution < 1.29 is 4.92 Å². The molecule has 0 amide bonds. The van der Waals surface area contributed by atoms with Crippen molar-refractivity contribution in [3.8, 4) is 0 Å². The first-order valence-corrected chi connectivity index (χ1v) is 4.84. The lowest BCUT2D eigenvalue weighted by Crippen LogP contribution is -1.96. The summed E-state index contributed by atoms with van der Waals surface area (Å²) >= 11 is 5.72. The number of halogens is 1. The van der Waals surface area contributed by atoms with Crippen molar-refractivity contribution in [2.75, 3.05) is 0 Å². The summed E-state index contributed by atoms with van der Waals surface area (Å²) in [4.78, 5) is 14.3. The van der Waals surface area contributed by atoms with E-state index in [0.29, 0.717) is 5.56 Å². The van der Waals surface area contributed by atoms with Crippen LogP contribution in [0.5, 0.6) is 0 Å². The normalized spacial score (nSPS) is 10.5. The van der Waals surface area contributed by atoms with Crippen LogP contribution in [0.1, 0.15) is 5.56 Å². The number of fused-ring (bicyclic) bond motifs is 1. The highest BCUT2D eigenvalue weighted by Gasteiger charge is 2.16. The topological polar surface area (TPSA) is 56.0 Å². The minimum Gasteiger partial charge on any atom is -0.258 e. The predicted molar refractivity (Wildman–Crippen MR) is 58.0 cm³/mol. The van der Waals surface area contributed by atoms with Crippen LogP contribution < -0.4 is 0 Å². The molecule has 0 spiro atoms. The molecular formula is C10H7ClN2O2. The lowest BCUT2D eigenvalue weighted by Gasteiger charge is -2.03. The second-order valence-electron chi connectivity index (χ2n) is 3.03. The smallest absolute Gasteiger partial charge is 0.258 e. The third-order valence-corrected chi connectivity index (χ3v) is 2.46. The number of hydrogen-bond acceptors (Lipinski definition) is 3. The molecule has 0 saturated carbocycles. The molecule has 0 bridgehead atoms. The summed E-state index contributed by atoms with van der Waals surface area (Å²) in [7, 11) is 0. The van der Waals surface area contributed by atoms with Crippen molar-refractivity contribution in [2.45, 2.75) is 5.88 Å². The van der Waals surface area contributed by atoms with Gasteiger partial charge in [-0.1, -0.05) is 18.2 Å². The molecule has 0 atom stereocenters. The van der Waals surface area contributed by atoms with Gasteiger partial charge in [-0.15, -0.1) is 11.6 Å². The van der Waals surface area contributed by atoms with E-state index in [0.717, 1.165) is 10.9 Å². The molecule has 0 unspecified atom stereocenters. The number of nitrogens with zero attached hydrogens (tertiary/aromatic N) is 2. The second-order valence-corrected chi connectivity index (χ2v) is 3.30. The van der Waals surface area contributed by atoms with Crippen LogP contribution in [0.15, 0.2) is 30.5 Å². The number of alkyl halides is 1. The van der Waals surface area contributed by atoms with Crippen LogP contribution in [-0.4, -0.2) is 9.91 Å². The Morgan fingerprint density at radius 2 is 2.13 bits per heavy atom. The average Bonchev–Trinajstić information content (AvgIpc) is 2.27. The van der Waals surface area contributed by atoms with Gasteiger partial charge in [0, 0.05) is 5.39 Å². The molecule has 0 aliphatic heterocycles. The second kappa shape index (κ2) is 3.82. The fourth-order valence-electron chi connectivity index (χ4n) is 1.49. The summed E-state index contributed by atoms with van der Waals surface area (Å²) < 4.78 is 0. The van der Waals surface area contributed by atoms with Gasteiger partial charge in [-0.2, -0.15) is 0 Å². The van der Waals surface area contributed by atoms with Crippen molar-refractivity contribution in [3.05, 3.63) is 46.1 Å². The highest BCUT2D eigenvalue weighted by atomic mass is 35.5. The maximum Gasteiger partial charge on any atom is 0.292 e. The minimum atomic E-state index is -0.461. The molecule has 4 nitrogen and oxygen atoms in total. The van der Waals surface area contributed by atoms with E-state index in [2.05, 4.69) is 4.98 Å². The Hall–Kier alpha value is -1.68. The zero-order valence-corrected chi connectivity index (χ0v) is 8.44. The Morgan fingerprint density at radius 1 is 1.40 bits per heavy atom. The summed E-state index contributed by atoms with van der Waals surface area (Å²) in [6.07, 6.45) is 1.25. The van der Waals surface area contributed by atoms with Crippen LogP contribution in [0.25, 0.3) is 10.9 Å². The number of hydrogen-bond donors (Lipinski definition) is 0. The van der Waals surface area contributed by atoms with Crippen molar-refractivity contribution >= 4 is 28.2 Å². The van der Waals surface area contributed by atoms with E-state index in [9.17, 15) is 10.1 Å². The van der Waals surface area contributed by atoms with Gasteiger partial charge in [-0.25, -0.2) is 4.98 Å². The Kier molecular flexibility index (Phi) is 2.51. The number of rotatable bonds is 2. The highest BCUT2D eigenvalue weighted by Crippen LogP contribution is 2.27. The van der Waals surface area contributed by atoms with Crippen LogP contribution in [0.4, 0.5) is 5.69 Å². The van der Waals surface area contributed by atoms with E-state index in [-0.39, 0.29) is 11.6 Å². The number of para-hydroxylation sites is 1. The summed E-state index contributed by atoms with van der Waals surface area (Å²) in [6, 6.07) is 7.23. The Balaban J connectivity index is 2.81. The molecule has 0 fully saturated rings. The number of nitro groups is 1. The van der Waals surface area contributed by atoms with Crippen LogP contribution in [0, 0.1) is 10.1 Å². The lowest BCUT2D eigenvalue weighted by atomic mass is 10.1. The summed E-state index contributed by atoms with van der Waals surface area (Å²) in [6.45, 7) is 0. The van der Waals surface area contributed by atoms with Crippen LogP contribution >= 0.6 is 11.6 Å². The Bertz CT molecular complexity index is 528. The minimum absolute atomic E-state index is 0.0244. The molecule has 0 N–H and O–H groups in total. The number of aromatic nitrogens is 1. The maximum absolute atomic E-state index is 10.7. The molecule has 0 aliphatic rings. The van der Waals surface area contributed by atoms with E-state index < -0.39 is 4.92 Å². The molecule has 1 heterocycles. The first kappa shape index (κ1) is 9.86. The van der Waals surface area contributed by atoms with Crippen LogP contribution in [-0.2, 0) is 5.88 Å². The van der Waals surface area contributed by atoms with Gasteiger partial charge in [0.05, 0.1) is 21.9 Å². The number of pyridine rings is 1. The SMILES string of the molecule is O=[N+]([O-])c1cnc2ccccc2c1CCl. The van der Waals surface area contributed by atoms with Crippen LogP contribution in [0.3, 0.4) is 0 Å². The fourth-order valence-corrected chi connectivity index (χ4v) is 1.77. The third kappa shape index (κ3) is 1.64. The third-order valence-electron chi connectivity index (χ3n) is 2.19. The van der Waals surface area contributed by atoms with Gasteiger partial charge < -0.3 is 0 Å². The Labute approximate surface area is 90.7 Å². The predicted octanol–water partition coefficient (Wildman–Crippen LogP) is 2.88.